The monoisotopic (exact) mass is 310 g/mol. The van der Waals surface area contributed by atoms with Gasteiger partial charge in [0.05, 0.1) is 9.81 Å². The molecule has 0 saturated carbocycles. The molecule has 2 heterocycles. The van der Waals surface area contributed by atoms with E-state index in [0.717, 1.165) is 27.0 Å². The van der Waals surface area contributed by atoms with E-state index >= 15 is 0 Å². The Morgan fingerprint density at radius 1 is 1.26 bits per heavy atom. The first-order valence-corrected chi connectivity index (χ1v) is 8.80. The molecule has 5 heteroatoms. The third-order valence-corrected chi connectivity index (χ3v) is 5.96. The maximum atomic E-state index is 12.2. The number of Topliss-reactive ketones (excluding diaryl/α,β-unsaturated/α-hetero) is 1. The summed E-state index contributed by atoms with van der Waals surface area (Å²) < 4.78 is 0.888. The van der Waals surface area contributed by atoms with E-state index in [1.807, 2.05) is 17.5 Å². The Morgan fingerprint density at radius 2 is 2.00 bits per heavy atom. The SMILES string of the molecule is CC(=O)C(C(=O)/C=C/c1cccs1)=C1SCCCS1. The summed E-state index contributed by atoms with van der Waals surface area (Å²) in [6, 6.07) is 3.88. The largest absolute Gasteiger partial charge is 0.294 e. The van der Waals surface area contributed by atoms with Crippen molar-refractivity contribution < 1.29 is 9.59 Å². The average molecular weight is 310 g/mol. The molecule has 1 saturated heterocycles. The van der Waals surface area contributed by atoms with E-state index in [2.05, 4.69) is 0 Å². The summed E-state index contributed by atoms with van der Waals surface area (Å²) >= 11 is 4.81. The van der Waals surface area contributed by atoms with Crippen LogP contribution in [0.2, 0.25) is 0 Å². The van der Waals surface area contributed by atoms with Crippen molar-refractivity contribution in [2.75, 3.05) is 11.5 Å². The van der Waals surface area contributed by atoms with Crippen molar-refractivity contribution in [3.63, 3.8) is 0 Å². The fourth-order valence-electron chi connectivity index (χ4n) is 1.62. The number of allylic oxidation sites excluding steroid dienone is 2. The van der Waals surface area contributed by atoms with Gasteiger partial charge < -0.3 is 0 Å². The van der Waals surface area contributed by atoms with Gasteiger partial charge in [0.15, 0.2) is 11.6 Å². The van der Waals surface area contributed by atoms with Crippen LogP contribution < -0.4 is 0 Å². The van der Waals surface area contributed by atoms with E-state index in [9.17, 15) is 9.59 Å². The van der Waals surface area contributed by atoms with E-state index in [0.29, 0.717) is 5.57 Å². The lowest BCUT2D eigenvalue weighted by Crippen LogP contribution is -2.11. The fraction of sp³-hybridized carbons (Fsp3) is 0.286. The van der Waals surface area contributed by atoms with Crippen LogP contribution in [0.4, 0.5) is 0 Å². The smallest absolute Gasteiger partial charge is 0.191 e. The molecule has 2 rings (SSSR count). The van der Waals surface area contributed by atoms with Crippen LogP contribution in [0.3, 0.4) is 0 Å². The highest BCUT2D eigenvalue weighted by Crippen LogP contribution is 2.37. The lowest BCUT2D eigenvalue weighted by atomic mass is 10.1. The minimum atomic E-state index is -0.183. The normalized spacial score (nSPS) is 15.7. The first-order chi connectivity index (χ1) is 9.18. The van der Waals surface area contributed by atoms with Crippen LogP contribution in [-0.4, -0.2) is 23.1 Å². The zero-order valence-electron chi connectivity index (χ0n) is 10.5. The zero-order valence-corrected chi connectivity index (χ0v) is 13.0. The third kappa shape index (κ3) is 4.09. The zero-order chi connectivity index (χ0) is 13.7. The number of hydrogen-bond acceptors (Lipinski definition) is 5. The summed E-state index contributed by atoms with van der Waals surface area (Å²) in [5.74, 6) is 1.65. The number of ketones is 2. The van der Waals surface area contributed by atoms with Gasteiger partial charge in [0, 0.05) is 4.88 Å². The van der Waals surface area contributed by atoms with Crippen molar-refractivity contribution in [3.05, 3.63) is 38.3 Å². The highest BCUT2D eigenvalue weighted by Gasteiger charge is 2.20. The Hall–Kier alpha value is -0.780. The molecule has 2 nitrogen and oxygen atoms in total. The van der Waals surface area contributed by atoms with Gasteiger partial charge in [-0.1, -0.05) is 6.07 Å². The molecule has 1 aliphatic heterocycles. The van der Waals surface area contributed by atoms with Gasteiger partial charge in [0.25, 0.3) is 0 Å². The Labute approximate surface area is 125 Å². The van der Waals surface area contributed by atoms with Crippen molar-refractivity contribution in [2.24, 2.45) is 0 Å². The number of carbonyl (C=O) groups excluding carboxylic acids is 2. The van der Waals surface area contributed by atoms with Gasteiger partial charge in [-0.15, -0.1) is 34.9 Å². The summed E-state index contributed by atoms with van der Waals surface area (Å²) in [6.45, 7) is 1.47. The molecular weight excluding hydrogens is 296 g/mol. The first-order valence-electron chi connectivity index (χ1n) is 5.95. The highest BCUT2D eigenvalue weighted by atomic mass is 32.2. The quantitative estimate of drug-likeness (QED) is 0.478. The second-order valence-electron chi connectivity index (χ2n) is 3.98. The van der Waals surface area contributed by atoms with Crippen LogP contribution in [0.25, 0.3) is 6.08 Å². The number of thiophene rings is 1. The lowest BCUT2D eigenvalue weighted by Gasteiger charge is -2.15. The standard InChI is InChI=1S/C14H14O2S3/c1-10(15)13(14-18-8-3-9-19-14)12(16)6-5-11-4-2-7-17-11/h2,4-7H,3,8-9H2,1H3/b6-5+. The molecular formula is C14H14O2S3. The number of hydrogen-bond donors (Lipinski definition) is 0. The number of rotatable bonds is 4. The van der Waals surface area contributed by atoms with Crippen molar-refractivity contribution in [2.45, 2.75) is 13.3 Å². The van der Waals surface area contributed by atoms with Gasteiger partial charge in [-0.3, -0.25) is 9.59 Å². The van der Waals surface area contributed by atoms with Crippen LogP contribution in [0.5, 0.6) is 0 Å². The molecule has 1 fully saturated rings. The van der Waals surface area contributed by atoms with E-state index in [1.54, 1.807) is 40.9 Å². The van der Waals surface area contributed by atoms with Crippen LogP contribution >= 0.6 is 34.9 Å². The van der Waals surface area contributed by atoms with E-state index in [4.69, 9.17) is 0 Å². The predicted molar refractivity (Wildman–Crippen MR) is 85.6 cm³/mol. The summed E-state index contributed by atoms with van der Waals surface area (Å²) in [5.41, 5.74) is 0.350. The molecule has 1 aromatic rings. The molecule has 0 N–H and O–H groups in total. The van der Waals surface area contributed by atoms with Gasteiger partial charge in [-0.25, -0.2) is 0 Å². The minimum Gasteiger partial charge on any atom is -0.294 e. The molecule has 100 valence electrons. The van der Waals surface area contributed by atoms with Gasteiger partial charge in [-0.2, -0.15) is 0 Å². The van der Waals surface area contributed by atoms with Gasteiger partial charge in [-0.05, 0) is 48.4 Å². The van der Waals surface area contributed by atoms with E-state index in [-0.39, 0.29) is 11.6 Å². The van der Waals surface area contributed by atoms with Crippen LogP contribution in [0.15, 0.2) is 33.4 Å². The number of carbonyl (C=O) groups is 2. The molecule has 0 spiro atoms. The van der Waals surface area contributed by atoms with Crippen molar-refractivity contribution in [3.8, 4) is 0 Å². The van der Waals surface area contributed by atoms with Crippen molar-refractivity contribution in [1.29, 1.82) is 0 Å². The van der Waals surface area contributed by atoms with E-state index < -0.39 is 0 Å². The third-order valence-electron chi connectivity index (χ3n) is 2.50. The molecule has 0 unspecified atom stereocenters. The maximum Gasteiger partial charge on any atom is 0.191 e. The summed E-state index contributed by atoms with van der Waals surface area (Å²) in [5, 5.41) is 1.96. The van der Waals surface area contributed by atoms with Crippen LogP contribution in [0.1, 0.15) is 18.2 Å². The Kier molecular flexibility index (Phi) is 5.48. The Bertz CT molecular complexity index is 519. The second kappa shape index (κ2) is 7.12. The van der Waals surface area contributed by atoms with Gasteiger partial charge in [0.1, 0.15) is 0 Å². The maximum absolute atomic E-state index is 12.2. The summed E-state index contributed by atoms with van der Waals surface area (Å²) in [4.78, 5) is 24.9. The fourth-order valence-corrected chi connectivity index (χ4v) is 4.98. The number of thioether (sulfide) groups is 2. The lowest BCUT2D eigenvalue weighted by molar-refractivity contribution is -0.118. The molecule has 0 aromatic carbocycles. The second-order valence-corrected chi connectivity index (χ2v) is 7.43. The highest BCUT2D eigenvalue weighted by molar-refractivity contribution is 8.22. The molecule has 0 bridgehead atoms. The van der Waals surface area contributed by atoms with Crippen molar-refractivity contribution in [1.82, 2.24) is 0 Å². The molecule has 19 heavy (non-hydrogen) atoms. The Morgan fingerprint density at radius 3 is 2.58 bits per heavy atom. The topological polar surface area (TPSA) is 34.1 Å². The first kappa shape index (κ1) is 14.6. The van der Waals surface area contributed by atoms with Gasteiger partial charge >= 0.3 is 0 Å². The summed E-state index contributed by atoms with van der Waals surface area (Å²) in [6.07, 6.45) is 4.41. The summed E-state index contributed by atoms with van der Waals surface area (Å²) in [7, 11) is 0. The molecule has 0 radical (unpaired) electrons. The predicted octanol–water partition coefficient (Wildman–Crippen LogP) is 4.00. The Balaban J connectivity index is 2.19. The average Bonchev–Trinajstić information content (AvgIpc) is 2.90. The van der Waals surface area contributed by atoms with E-state index in [1.165, 1.54) is 13.0 Å². The molecule has 1 aliphatic rings. The van der Waals surface area contributed by atoms with Gasteiger partial charge in [0.2, 0.25) is 0 Å². The van der Waals surface area contributed by atoms with Crippen LogP contribution in [-0.2, 0) is 9.59 Å². The molecule has 0 aliphatic carbocycles. The minimum absolute atomic E-state index is 0.141. The van der Waals surface area contributed by atoms with Crippen molar-refractivity contribution >= 4 is 52.5 Å². The molecule has 0 amide bonds. The molecule has 1 aromatic heterocycles. The van der Waals surface area contributed by atoms with Crippen LogP contribution in [0, 0.1) is 0 Å². The molecule has 0 atom stereocenters.